The summed E-state index contributed by atoms with van der Waals surface area (Å²) in [6, 6.07) is 26.5. The average Bonchev–Trinajstić information content (AvgIpc) is 2.85. The van der Waals surface area contributed by atoms with Crippen LogP contribution in [0.5, 0.6) is 0 Å². The molecule has 0 heterocycles. The summed E-state index contributed by atoms with van der Waals surface area (Å²) in [5, 5.41) is 0. The smallest absolute Gasteiger partial charge is 0.170 e. The van der Waals surface area contributed by atoms with E-state index in [1.807, 2.05) is 18.2 Å². The molecular formula is C30H30FeO6. The van der Waals surface area contributed by atoms with E-state index in [9.17, 15) is 28.8 Å². The maximum atomic E-state index is 11.2. The van der Waals surface area contributed by atoms with Gasteiger partial charge in [-0.15, -0.1) is 0 Å². The molecule has 7 heteroatoms. The Kier molecular flexibility index (Phi) is 16.6. The first-order valence-corrected chi connectivity index (χ1v) is 11.3. The minimum Gasteiger partial charge on any atom is -0.300 e. The van der Waals surface area contributed by atoms with Gasteiger partial charge in [-0.1, -0.05) is 91.0 Å². The molecule has 0 unspecified atom stereocenters. The molecule has 0 spiro atoms. The molecule has 6 nitrogen and oxygen atoms in total. The molecule has 3 rings (SSSR count). The van der Waals surface area contributed by atoms with Crippen molar-refractivity contribution in [2.45, 2.75) is 40.0 Å². The molecule has 0 aliphatic carbocycles. The standard InChI is InChI=1S/3C10H10O2.Fe/c3*1-8(11)7-10(12)9-5-3-2-4-6-9;/h3*2-6H,7H2,1H3;. The summed E-state index contributed by atoms with van der Waals surface area (Å²) >= 11 is 0. The van der Waals surface area contributed by atoms with Crippen LogP contribution in [0, 0.1) is 0 Å². The van der Waals surface area contributed by atoms with Crippen molar-refractivity contribution in [2.24, 2.45) is 0 Å². The number of ketones is 6. The third-order valence-electron chi connectivity index (χ3n) is 4.52. The van der Waals surface area contributed by atoms with Crippen molar-refractivity contribution < 1.29 is 45.8 Å². The molecular weight excluding hydrogens is 512 g/mol. The quantitative estimate of drug-likeness (QED) is 0.200. The van der Waals surface area contributed by atoms with Gasteiger partial charge in [-0.2, -0.15) is 0 Å². The molecule has 37 heavy (non-hydrogen) atoms. The normalized spacial score (nSPS) is 9.16. The molecule has 0 radical (unpaired) electrons. The second-order valence-corrected chi connectivity index (χ2v) is 8.00. The van der Waals surface area contributed by atoms with E-state index in [-0.39, 0.29) is 71.0 Å². The predicted octanol–water partition coefficient (Wildman–Crippen LogP) is 5.54. The minimum absolute atomic E-state index is 0. The van der Waals surface area contributed by atoms with Crippen molar-refractivity contribution in [1.29, 1.82) is 0 Å². The number of hydrogen-bond acceptors (Lipinski definition) is 6. The van der Waals surface area contributed by atoms with E-state index in [0.717, 1.165) is 0 Å². The molecule has 0 saturated carbocycles. The first kappa shape index (κ1) is 33.2. The molecule has 194 valence electrons. The molecule has 0 bridgehead atoms. The fourth-order valence-corrected chi connectivity index (χ4v) is 2.86. The molecule has 0 saturated heterocycles. The number of rotatable bonds is 9. The van der Waals surface area contributed by atoms with Gasteiger partial charge in [-0.25, -0.2) is 0 Å². The van der Waals surface area contributed by atoms with Gasteiger partial charge in [0.15, 0.2) is 17.3 Å². The first-order valence-electron chi connectivity index (χ1n) is 11.3. The zero-order chi connectivity index (χ0) is 26.9. The van der Waals surface area contributed by atoms with Crippen LogP contribution in [-0.4, -0.2) is 34.7 Å². The van der Waals surface area contributed by atoms with Gasteiger partial charge < -0.3 is 0 Å². The second-order valence-electron chi connectivity index (χ2n) is 8.00. The number of hydrogen-bond donors (Lipinski definition) is 0. The Morgan fingerprint density at radius 1 is 0.405 bits per heavy atom. The van der Waals surface area contributed by atoms with Gasteiger partial charge >= 0.3 is 0 Å². The monoisotopic (exact) mass is 542 g/mol. The molecule has 0 aliphatic rings. The summed E-state index contributed by atoms with van der Waals surface area (Å²) in [5.74, 6) is -0.606. The van der Waals surface area contributed by atoms with Crippen molar-refractivity contribution in [2.75, 3.05) is 0 Å². The van der Waals surface area contributed by atoms with Gasteiger partial charge in [-0.05, 0) is 20.8 Å². The van der Waals surface area contributed by atoms with Crippen LogP contribution in [-0.2, 0) is 31.5 Å². The molecule has 0 N–H and O–H groups in total. The molecule has 3 aromatic rings. The zero-order valence-corrected chi connectivity index (χ0v) is 22.2. The minimum atomic E-state index is -0.108. The van der Waals surface area contributed by atoms with E-state index in [0.29, 0.717) is 16.7 Å². The third-order valence-corrected chi connectivity index (χ3v) is 4.52. The Labute approximate surface area is 228 Å². The predicted molar refractivity (Wildman–Crippen MR) is 138 cm³/mol. The topological polar surface area (TPSA) is 102 Å². The molecule has 0 amide bonds. The summed E-state index contributed by atoms with van der Waals surface area (Å²) in [4.78, 5) is 65.5. The van der Waals surface area contributed by atoms with Gasteiger partial charge in [-0.3, -0.25) is 28.8 Å². The zero-order valence-electron chi connectivity index (χ0n) is 21.1. The Balaban J connectivity index is 0.000000518. The van der Waals surface area contributed by atoms with E-state index in [2.05, 4.69) is 0 Å². The van der Waals surface area contributed by atoms with Gasteiger partial charge in [0.05, 0.1) is 19.3 Å². The molecule has 0 aliphatic heterocycles. The van der Waals surface area contributed by atoms with Crippen LogP contribution in [0.2, 0.25) is 0 Å². The van der Waals surface area contributed by atoms with Crippen LogP contribution in [0.4, 0.5) is 0 Å². The average molecular weight is 542 g/mol. The summed E-state index contributed by atoms with van der Waals surface area (Å²) < 4.78 is 0. The van der Waals surface area contributed by atoms with E-state index in [4.69, 9.17) is 0 Å². The molecule has 3 aromatic carbocycles. The van der Waals surface area contributed by atoms with Crippen LogP contribution < -0.4 is 0 Å². The Morgan fingerprint density at radius 3 is 0.757 bits per heavy atom. The van der Waals surface area contributed by atoms with Crippen molar-refractivity contribution in [3.8, 4) is 0 Å². The largest absolute Gasteiger partial charge is 0.300 e. The summed E-state index contributed by atoms with van der Waals surface area (Å²) in [6.07, 6.45) is 0.0119. The van der Waals surface area contributed by atoms with Crippen LogP contribution in [0.3, 0.4) is 0 Å². The SMILES string of the molecule is CC(=O)CC(=O)c1ccccc1.CC(=O)CC(=O)c1ccccc1.CC(=O)CC(=O)c1ccccc1.[Fe]. The van der Waals surface area contributed by atoms with E-state index < -0.39 is 0 Å². The van der Waals surface area contributed by atoms with Gasteiger partial charge in [0, 0.05) is 33.8 Å². The number of carbonyl (C=O) groups excluding carboxylic acids is 6. The molecule has 0 fully saturated rings. The van der Waals surface area contributed by atoms with Gasteiger partial charge in [0.25, 0.3) is 0 Å². The maximum Gasteiger partial charge on any atom is 0.170 e. The number of benzene rings is 3. The fourth-order valence-electron chi connectivity index (χ4n) is 2.86. The Hall–Kier alpha value is -3.80. The van der Waals surface area contributed by atoms with E-state index in [1.54, 1.807) is 72.8 Å². The Morgan fingerprint density at radius 2 is 0.595 bits per heavy atom. The van der Waals surface area contributed by atoms with Gasteiger partial charge in [0.2, 0.25) is 0 Å². The van der Waals surface area contributed by atoms with Crippen LogP contribution in [0.1, 0.15) is 71.1 Å². The molecule has 0 atom stereocenters. The summed E-state index contributed by atoms with van der Waals surface area (Å²) in [7, 11) is 0. The second kappa shape index (κ2) is 18.5. The van der Waals surface area contributed by atoms with Crippen molar-refractivity contribution in [1.82, 2.24) is 0 Å². The fraction of sp³-hybridized carbons (Fsp3) is 0.200. The van der Waals surface area contributed by atoms with Crippen LogP contribution >= 0.6 is 0 Å². The van der Waals surface area contributed by atoms with Crippen LogP contribution in [0.25, 0.3) is 0 Å². The number of carbonyl (C=O) groups is 6. The summed E-state index contributed by atoms with van der Waals surface area (Å²) in [6.45, 7) is 4.25. The van der Waals surface area contributed by atoms with Crippen LogP contribution in [0.15, 0.2) is 91.0 Å². The molecule has 0 aromatic heterocycles. The van der Waals surface area contributed by atoms with Gasteiger partial charge in [0.1, 0.15) is 17.3 Å². The van der Waals surface area contributed by atoms with Crippen molar-refractivity contribution >= 4 is 34.7 Å². The van der Waals surface area contributed by atoms with E-state index >= 15 is 0 Å². The summed E-state index contributed by atoms with van der Waals surface area (Å²) in [5.41, 5.74) is 1.81. The van der Waals surface area contributed by atoms with Crippen molar-refractivity contribution in [3.05, 3.63) is 108 Å². The first-order chi connectivity index (χ1) is 17.1. The van der Waals surface area contributed by atoms with E-state index in [1.165, 1.54) is 20.8 Å². The van der Waals surface area contributed by atoms with Crippen molar-refractivity contribution in [3.63, 3.8) is 0 Å². The Bertz CT molecular complexity index is 1020. The third kappa shape index (κ3) is 15.0. The maximum absolute atomic E-state index is 11.2. The number of Topliss-reactive ketones (excluding diaryl/α,β-unsaturated/α-hetero) is 6.